The number of ether oxygens (including phenoxy) is 1. The standard InChI is InChI=1S/C24H32N8O.C2H6/c1-9-22-25-10-21-17(4)26-20(14-32(21)22)23-18(5)27-31(8)24(23)33-16(3)12-29(6)13-19-15(2)11-30(7)28-19;1-2/h9-11,14,16H,1,12-13H2,2-8H3;1-2H3. The fourth-order valence-corrected chi connectivity index (χ4v) is 4.30. The Balaban J connectivity index is 0.00000167. The molecule has 0 aliphatic rings. The van der Waals surface area contributed by atoms with Crippen molar-refractivity contribution in [1.82, 2.24) is 38.8 Å². The van der Waals surface area contributed by atoms with E-state index in [1.807, 2.05) is 69.5 Å². The molecule has 0 N–H and O–H groups in total. The number of aryl methyl sites for hydroxylation is 5. The number of likely N-dealkylation sites (N-methyl/N-ethyl adjacent to an activating group) is 1. The molecule has 0 fully saturated rings. The van der Waals surface area contributed by atoms with E-state index in [-0.39, 0.29) is 6.10 Å². The van der Waals surface area contributed by atoms with Crippen molar-refractivity contribution in [1.29, 1.82) is 0 Å². The Morgan fingerprint density at radius 1 is 1.11 bits per heavy atom. The highest BCUT2D eigenvalue weighted by Gasteiger charge is 2.22. The molecule has 4 heterocycles. The second-order valence-corrected chi connectivity index (χ2v) is 8.73. The van der Waals surface area contributed by atoms with Gasteiger partial charge < -0.3 is 4.74 Å². The lowest BCUT2D eigenvalue weighted by molar-refractivity contribution is 0.148. The van der Waals surface area contributed by atoms with E-state index in [4.69, 9.17) is 9.72 Å². The van der Waals surface area contributed by atoms with Crippen LogP contribution in [0.5, 0.6) is 5.88 Å². The van der Waals surface area contributed by atoms with Crippen LogP contribution >= 0.6 is 0 Å². The minimum atomic E-state index is -0.0608. The van der Waals surface area contributed by atoms with E-state index in [1.165, 1.54) is 5.56 Å². The van der Waals surface area contributed by atoms with Gasteiger partial charge in [0.25, 0.3) is 0 Å². The van der Waals surface area contributed by atoms with Crippen LogP contribution in [-0.2, 0) is 20.6 Å². The van der Waals surface area contributed by atoms with Gasteiger partial charge in [0.2, 0.25) is 5.88 Å². The first kappa shape index (κ1) is 26.2. The molecule has 0 saturated heterocycles. The minimum Gasteiger partial charge on any atom is -0.473 e. The van der Waals surface area contributed by atoms with Crippen LogP contribution in [0.3, 0.4) is 0 Å². The van der Waals surface area contributed by atoms with Crippen molar-refractivity contribution < 1.29 is 4.74 Å². The van der Waals surface area contributed by atoms with Crippen molar-refractivity contribution in [2.75, 3.05) is 13.6 Å². The zero-order valence-electron chi connectivity index (χ0n) is 22.5. The van der Waals surface area contributed by atoms with Gasteiger partial charge in [0.15, 0.2) is 0 Å². The zero-order valence-corrected chi connectivity index (χ0v) is 22.5. The molecule has 1 unspecified atom stereocenters. The molecule has 9 nitrogen and oxygen atoms in total. The van der Waals surface area contributed by atoms with Gasteiger partial charge in [-0.3, -0.25) is 14.0 Å². The van der Waals surface area contributed by atoms with E-state index in [1.54, 1.807) is 10.8 Å². The Morgan fingerprint density at radius 2 is 1.83 bits per heavy atom. The summed E-state index contributed by atoms with van der Waals surface area (Å²) in [7, 11) is 5.93. The van der Waals surface area contributed by atoms with Crippen molar-refractivity contribution in [3.63, 3.8) is 0 Å². The van der Waals surface area contributed by atoms with Gasteiger partial charge in [-0.05, 0) is 46.4 Å². The van der Waals surface area contributed by atoms with E-state index in [9.17, 15) is 0 Å². The number of rotatable bonds is 8. The zero-order chi connectivity index (χ0) is 25.9. The first-order chi connectivity index (χ1) is 16.7. The molecule has 0 aliphatic carbocycles. The Morgan fingerprint density at radius 3 is 2.46 bits per heavy atom. The van der Waals surface area contributed by atoms with Crippen molar-refractivity contribution >= 4 is 11.6 Å². The molecule has 35 heavy (non-hydrogen) atoms. The van der Waals surface area contributed by atoms with Gasteiger partial charge in [-0.15, -0.1) is 0 Å². The van der Waals surface area contributed by atoms with Gasteiger partial charge in [0.1, 0.15) is 11.9 Å². The predicted octanol–water partition coefficient (Wildman–Crippen LogP) is 4.36. The molecule has 0 aliphatic heterocycles. The summed E-state index contributed by atoms with van der Waals surface area (Å²) in [5, 5.41) is 9.17. The summed E-state index contributed by atoms with van der Waals surface area (Å²) in [4.78, 5) is 11.5. The molecule has 1 atom stereocenters. The number of nitrogens with zero attached hydrogens (tertiary/aromatic N) is 8. The van der Waals surface area contributed by atoms with Gasteiger partial charge in [-0.1, -0.05) is 20.4 Å². The summed E-state index contributed by atoms with van der Waals surface area (Å²) in [5.41, 5.74) is 6.67. The van der Waals surface area contributed by atoms with E-state index < -0.39 is 0 Å². The minimum absolute atomic E-state index is 0.0608. The lowest BCUT2D eigenvalue weighted by atomic mass is 10.2. The van der Waals surface area contributed by atoms with Gasteiger partial charge in [0.05, 0.1) is 40.1 Å². The largest absolute Gasteiger partial charge is 0.473 e. The molecule has 4 aromatic rings. The van der Waals surface area contributed by atoms with Crippen molar-refractivity contribution in [2.24, 2.45) is 14.1 Å². The van der Waals surface area contributed by atoms with Crippen LogP contribution in [0.1, 0.15) is 49.2 Å². The quantitative estimate of drug-likeness (QED) is 0.375. The summed E-state index contributed by atoms with van der Waals surface area (Å²) in [6.45, 7) is 17.5. The number of fused-ring (bicyclic) bond motifs is 1. The summed E-state index contributed by atoms with van der Waals surface area (Å²) < 4.78 is 12.1. The van der Waals surface area contributed by atoms with Gasteiger partial charge >= 0.3 is 0 Å². The maximum absolute atomic E-state index is 6.43. The SMILES string of the molecule is C=Cc1ncc2c(C)nc(-c3c(C)nn(C)c3OC(C)CN(C)Cc3nn(C)cc3C)cn12.CC. The maximum atomic E-state index is 6.43. The summed E-state index contributed by atoms with van der Waals surface area (Å²) in [6.07, 6.45) is 7.51. The lowest BCUT2D eigenvalue weighted by Gasteiger charge is -2.22. The molecule has 9 heteroatoms. The van der Waals surface area contributed by atoms with Crippen LogP contribution in [0.4, 0.5) is 0 Å². The Bertz CT molecular complexity index is 1310. The predicted molar refractivity (Wildman–Crippen MR) is 140 cm³/mol. The highest BCUT2D eigenvalue weighted by molar-refractivity contribution is 5.70. The van der Waals surface area contributed by atoms with Crippen LogP contribution in [0.15, 0.2) is 25.2 Å². The first-order valence-electron chi connectivity index (χ1n) is 12.0. The fourth-order valence-electron chi connectivity index (χ4n) is 4.30. The molecule has 4 aromatic heterocycles. The molecule has 0 spiro atoms. The summed E-state index contributed by atoms with van der Waals surface area (Å²) in [5.74, 6) is 1.48. The molecule has 0 saturated carbocycles. The second kappa shape index (κ2) is 10.9. The number of hydrogen-bond acceptors (Lipinski definition) is 6. The average molecular weight is 479 g/mol. The molecular formula is C26H38N8O. The van der Waals surface area contributed by atoms with E-state index >= 15 is 0 Å². The molecule has 0 bridgehead atoms. The highest BCUT2D eigenvalue weighted by atomic mass is 16.5. The Kier molecular flexibility index (Phi) is 8.11. The molecule has 0 amide bonds. The Labute approximate surface area is 208 Å². The molecule has 188 valence electrons. The maximum Gasteiger partial charge on any atom is 0.221 e. The lowest BCUT2D eigenvalue weighted by Crippen LogP contribution is -2.31. The van der Waals surface area contributed by atoms with Gasteiger partial charge in [0, 0.05) is 39.6 Å². The first-order valence-corrected chi connectivity index (χ1v) is 12.0. The third kappa shape index (κ3) is 5.45. The van der Waals surface area contributed by atoms with Crippen LogP contribution in [0.2, 0.25) is 0 Å². The fraction of sp³-hybridized carbons (Fsp3) is 0.462. The number of hydrogen-bond donors (Lipinski definition) is 0. The van der Waals surface area contributed by atoms with E-state index in [2.05, 4.69) is 47.6 Å². The average Bonchev–Trinajstić information content (AvgIpc) is 3.44. The molecule has 0 aromatic carbocycles. The summed E-state index contributed by atoms with van der Waals surface area (Å²) in [6, 6.07) is 0. The van der Waals surface area contributed by atoms with Crippen LogP contribution < -0.4 is 4.74 Å². The highest BCUT2D eigenvalue weighted by Crippen LogP contribution is 2.33. The monoisotopic (exact) mass is 478 g/mol. The molecule has 0 radical (unpaired) electrons. The van der Waals surface area contributed by atoms with E-state index in [0.717, 1.165) is 52.8 Å². The number of aromatic nitrogens is 7. The number of imidazole rings is 1. The molecular weight excluding hydrogens is 440 g/mol. The van der Waals surface area contributed by atoms with Gasteiger partial charge in [-0.25, -0.2) is 14.6 Å². The topological polar surface area (TPSA) is 78.3 Å². The molecule has 4 rings (SSSR count). The van der Waals surface area contributed by atoms with Gasteiger partial charge in [-0.2, -0.15) is 10.2 Å². The van der Waals surface area contributed by atoms with Crippen LogP contribution in [0.25, 0.3) is 22.9 Å². The second-order valence-electron chi connectivity index (χ2n) is 8.73. The van der Waals surface area contributed by atoms with Crippen molar-refractivity contribution in [3.8, 4) is 17.1 Å². The van der Waals surface area contributed by atoms with E-state index in [0.29, 0.717) is 5.88 Å². The smallest absolute Gasteiger partial charge is 0.221 e. The van der Waals surface area contributed by atoms with Crippen molar-refractivity contribution in [2.45, 2.75) is 54.2 Å². The third-order valence-corrected chi connectivity index (χ3v) is 5.76. The Hall–Kier alpha value is -3.46. The summed E-state index contributed by atoms with van der Waals surface area (Å²) >= 11 is 0. The normalized spacial score (nSPS) is 12.1. The van der Waals surface area contributed by atoms with Crippen LogP contribution in [0, 0.1) is 20.8 Å². The van der Waals surface area contributed by atoms with Crippen molar-refractivity contribution in [3.05, 3.63) is 53.6 Å². The third-order valence-electron chi connectivity index (χ3n) is 5.76. The van der Waals surface area contributed by atoms with Crippen LogP contribution in [-0.4, -0.2) is 58.5 Å².